The van der Waals surface area contributed by atoms with Gasteiger partial charge in [-0.05, 0) is 56.0 Å². The van der Waals surface area contributed by atoms with E-state index in [1.165, 1.54) is 22.8 Å². The molecule has 1 aliphatic heterocycles. The van der Waals surface area contributed by atoms with Gasteiger partial charge in [0.05, 0.1) is 15.9 Å². The molecule has 4 rings (SSSR count). The third-order valence-corrected chi connectivity index (χ3v) is 6.61. The number of carbonyl (C=O) groups is 1. The Labute approximate surface area is 217 Å². The van der Waals surface area contributed by atoms with E-state index < -0.39 is 16.5 Å². The van der Waals surface area contributed by atoms with Gasteiger partial charge in [0.15, 0.2) is 0 Å². The quantitative estimate of drug-likeness (QED) is 0.211. The van der Waals surface area contributed by atoms with Gasteiger partial charge in [0.2, 0.25) is 0 Å². The molecule has 0 aromatic heterocycles. The highest BCUT2D eigenvalue weighted by Gasteiger charge is 2.27. The molecule has 2 aromatic carbocycles. The Morgan fingerprint density at radius 2 is 1.86 bits per heavy atom. The van der Waals surface area contributed by atoms with Gasteiger partial charge >= 0.3 is 5.97 Å². The number of benzene rings is 2. The van der Waals surface area contributed by atoms with Crippen molar-refractivity contribution in [2.24, 2.45) is 0 Å². The van der Waals surface area contributed by atoms with Crippen LogP contribution >= 0.6 is 11.6 Å². The van der Waals surface area contributed by atoms with Crippen LogP contribution in [-0.4, -0.2) is 52.9 Å². The van der Waals surface area contributed by atoms with Crippen molar-refractivity contribution in [3.05, 3.63) is 87.5 Å². The Balaban J connectivity index is 1.44. The van der Waals surface area contributed by atoms with Crippen LogP contribution in [0.3, 0.4) is 0 Å². The number of ether oxygens (including phenoxy) is 1. The Morgan fingerprint density at radius 1 is 1.14 bits per heavy atom. The summed E-state index contributed by atoms with van der Waals surface area (Å²) in [7, 11) is 0. The number of allylic oxidation sites excluding steroid dienone is 4. The lowest BCUT2D eigenvalue weighted by Gasteiger charge is -2.36. The van der Waals surface area contributed by atoms with Crippen LogP contribution < -0.4 is 4.90 Å². The second-order valence-electron chi connectivity index (χ2n) is 10.2. The number of halogens is 1. The molecule has 36 heavy (non-hydrogen) atoms. The molecular weight excluding hydrogens is 478 g/mol. The second kappa shape index (κ2) is 10.8. The maximum Gasteiger partial charge on any atom is 0.338 e. The topological polar surface area (TPSA) is 75.9 Å². The number of anilines is 1. The first-order valence-corrected chi connectivity index (χ1v) is 12.6. The minimum Gasteiger partial charge on any atom is -0.456 e. The van der Waals surface area contributed by atoms with E-state index in [4.69, 9.17) is 16.3 Å². The van der Waals surface area contributed by atoms with Crippen LogP contribution in [0.5, 0.6) is 0 Å². The van der Waals surface area contributed by atoms with E-state index in [2.05, 4.69) is 41.3 Å². The number of piperazine rings is 1. The first-order valence-electron chi connectivity index (χ1n) is 12.2. The number of nitro benzene ring substituents is 1. The predicted octanol–water partition coefficient (Wildman–Crippen LogP) is 5.82. The molecule has 0 spiro atoms. The molecule has 8 heteroatoms. The number of hydrogen-bond donors (Lipinski definition) is 0. The summed E-state index contributed by atoms with van der Waals surface area (Å²) >= 11 is 6.20. The lowest BCUT2D eigenvalue weighted by atomic mass is 9.95. The van der Waals surface area contributed by atoms with Crippen LogP contribution in [0.4, 0.5) is 11.4 Å². The van der Waals surface area contributed by atoms with Crippen molar-refractivity contribution < 1.29 is 14.5 Å². The Hall–Kier alpha value is -3.16. The fourth-order valence-corrected chi connectivity index (χ4v) is 4.68. The van der Waals surface area contributed by atoms with E-state index in [1.54, 1.807) is 32.9 Å². The van der Waals surface area contributed by atoms with Crippen molar-refractivity contribution in [1.29, 1.82) is 0 Å². The van der Waals surface area contributed by atoms with Gasteiger partial charge in [0.1, 0.15) is 11.3 Å². The summed E-state index contributed by atoms with van der Waals surface area (Å²) in [6, 6.07) is 13.0. The van der Waals surface area contributed by atoms with Gasteiger partial charge in [0, 0.05) is 38.8 Å². The molecule has 1 unspecified atom stereocenters. The number of rotatable bonds is 6. The van der Waals surface area contributed by atoms with Gasteiger partial charge < -0.3 is 9.64 Å². The zero-order chi connectivity index (χ0) is 25.9. The van der Waals surface area contributed by atoms with Crippen molar-refractivity contribution in [1.82, 2.24) is 4.90 Å². The number of esters is 1. The van der Waals surface area contributed by atoms with Crippen LogP contribution in [0.25, 0.3) is 5.57 Å². The highest BCUT2D eigenvalue weighted by atomic mass is 35.5. The third-order valence-electron chi connectivity index (χ3n) is 6.29. The molecule has 2 aliphatic rings. The third kappa shape index (κ3) is 6.33. The fourth-order valence-electron chi connectivity index (χ4n) is 4.52. The van der Waals surface area contributed by atoms with Crippen molar-refractivity contribution in [3.8, 4) is 0 Å². The normalized spacial score (nSPS) is 18.6. The average molecular weight is 510 g/mol. The van der Waals surface area contributed by atoms with Gasteiger partial charge in [0.25, 0.3) is 5.69 Å². The highest BCUT2D eigenvalue weighted by molar-refractivity contribution is 6.22. The van der Waals surface area contributed by atoms with E-state index in [0.717, 1.165) is 26.1 Å². The number of nitrogens with zero attached hydrogens (tertiary/aromatic N) is 3. The van der Waals surface area contributed by atoms with E-state index in [1.807, 2.05) is 11.0 Å². The minimum absolute atomic E-state index is 0.0521. The summed E-state index contributed by atoms with van der Waals surface area (Å²) in [6.07, 6.45) is 7.14. The van der Waals surface area contributed by atoms with Crippen molar-refractivity contribution >= 4 is 34.5 Å². The van der Waals surface area contributed by atoms with E-state index in [9.17, 15) is 14.9 Å². The van der Waals surface area contributed by atoms with E-state index >= 15 is 0 Å². The van der Waals surface area contributed by atoms with Crippen molar-refractivity contribution in [3.63, 3.8) is 0 Å². The first-order chi connectivity index (χ1) is 17.1. The predicted molar refractivity (Wildman–Crippen MR) is 144 cm³/mol. The molecule has 1 atom stereocenters. The second-order valence-corrected chi connectivity index (χ2v) is 10.7. The monoisotopic (exact) mass is 509 g/mol. The summed E-state index contributed by atoms with van der Waals surface area (Å²) < 4.78 is 5.38. The van der Waals surface area contributed by atoms with Gasteiger partial charge in [-0.1, -0.05) is 42.5 Å². The standard InChI is InChI=1S/C28H32ClN3O4/c1-28(2,3)36-27(33)21-10-13-25(26(18-21)32(34)35)31-16-14-30(15-17-31)19-22-6-4-5-7-24(22)20-8-11-23(29)12-9-20/h4-11,13,18,23H,12,14-17,19H2,1-3H3. The Kier molecular flexibility index (Phi) is 7.81. The lowest BCUT2D eigenvalue weighted by Crippen LogP contribution is -2.46. The zero-order valence-corrected chi connectivity index (χ0v) is 21.7. The van der Waals surface area contributed by atoms with Crippen LogP contribution in [0.2, 0.25) is 0 Å². The van der Waals surface area contributed by atoms with Crippen LogP contribution in [0, 0.1) is 10.1 Å². The largest absolute Gasteiger partial charge is 0.456 e. The minimum atomic E-state index is -0.671. The van der Waals surface area contributed by atoms with Gasteiger partial charge in [-0.3, -0.25) is 15.0 Å². The summed E-state index contributed by atoms with van der Waals surface area (Å²) in [6.45, 7) is 8.97. The molecule has 0 N–H and O–H groups in total. The molecule has 0 radical (unpaired) electrons. The van der Waals surface area contributed by atoms with Crippen molar-refractivity contribution in [2.75, 3.05) is 31.1 Å². The van der Waals surface area contributed by atoms with Crippen LogP contribution in [0.15, 0.2) is 60.7 Å². The first kappa shape index (κ1) is 25.9. The number of alkyl halides is 1. The van der Waals surface area contributed by atoms with Gasteiger partial charge in [-0.25, -0.2) is 4.79 Å². The molecule has 0 amide bonds. The number of carbonyl (C=O) groups excluding carboxylic acids is 1. The Bertz CT molecular complexity index is 1190. The Morgan fingerprint density at radius 3 is 2.50 bits per heavy atom. The van der Waals surface area contributed by atoms with E-state index in [-0.39, 0.29) is 16.6 Å². The molecule has 1 heterocycles. The summed E-state index contributed by atoms with van der Waals surface area (Å²) in [4.78, 5) is 28.2. The summed E-state index contributed by atoms with van der Waals surface area (Å²) in [5.41, 5.74) is 3.63. The molecular formula is C28H32ClN3O4. The molecule has 1 aliphatic carbocycles. The van der Waals surface area contributed by atoms with Crippen molar-refractivity contribution in [2.45, 2.75) is 44.7 Å². The van der Waals surface area contributed by atoms with E-state index in [0.29, 0.717) is 18.8 Å². The van der Waals surface area contributed by atoms with Crippen LogP contribution in [0.1, 0.15) is 48.7 Å². The molecule has 1 saturated heterocycles. The summed E-state index contributed by atoms with van der Waals surface area (Å²) in [5, 5.41) is 11.9. The molecule has 1 fully saturated rings. The fraction of sp³-hybridized carbons (Fsp3) is 0.393. The zero-order valence-electron chi connectivity index (χ0n) is 20.9. The summed E-state index contributed by atoms with van der Waals surface area (Å²) in [5.74, 6) is -0.565. The highest BCUT2D eigenvalue weighted by Crippen LogP contribution is 2.32. The molecule has 2 aromatic rings. The molecule has 7 nitrogen and oxygen atoms in total. The number of hydrogen-bond acceptors (Lipinski definition) is 6. The smallest absolute Gasteiger partial charge is 0.338 e. The molecule has 0 bridgehead atoms. The SMILES string of the molecule is CC(C)(C)OC(=O)c1ccc(N2CCN(Cc3ccccc3C3=CCC(Cl)C=C3)CC2)c([N+](=O)[O-])c1. The lowest BCUT2D eigenvalue weighted by molar-refractivity contribution is -0.384. The van der Waals surface area contributed by atoms with Gasteiger partial charge in [-0.2, -0.15) is 0 Å². The molecule has 0 saturated carbocycles. The van der Waals surface area contributed by atoms with Gasteiger partial charge in [-0.15, -0.1) is 11.6 Å². The van der Waals surface area contributed by atoms with Crippen LogP contribution in [-0.2, 0) is 11.3 Å². The average Bonchev–Trinajstić information content (AvgIpc) is 2.84. The number of nitro groups is 1. The maximum absolute atomic E-state index is 12.4. The molecule has 190 valence electrons. The maximum atomic E-state index is 12.4.